The highest BCUT2D eigenvalue weighted by molar-refractivity contribution is 7.93. The Morgan fingerprint density at radius 1 is 0.963 bits per heavy atom. The molecule has 1 N–H and O–H groups in total. The van der Waals surface area contributed by atoms with Crippen molar-refractivity contribution in [1.29, 1.82) is 0 Å². The summed E-state index contributed by atoms with van der Waals surface area (Å²) in [6, 6.07) is 18.4. The minimum atomic E-state index is -3.86. The largest absolute Gasteiger partial charge is 0.321 e. The second kappa shape index (κ2) is 8.01. The van der Waals surface area contributed by atoms with Crippen LogP contribution in [0.15, 0.2) is 84.0 Å². The lowest BCUT2D eigenvalue weighted by Crippen LogP contribution is -2.31. The van der Waals surface area contributed by atoms with Gasteiger partial charge in [-0.05, 0) is 43.3 Å². The topological polar surface area (TPSA) is 79.4 Å². The number of benzene rings is 2. The molecule has 0 spiro atoms. The number of nitrogens with one attached hydrogen (secondary N) is 1. The number of carbonyl (C=O) groups is 1. The summed E-state index contributed by atoms with van der Waals surface area (Å²) >= 11 is 0. The van der Waals surface area contributed by atoms with E-state index in [9.17, 15) is 13.2 Å². The smallest absolute Gasteiger partial charge is 0.266 e. The number of rotatable bonds is 6. The molecule has 3 aromatic rings. The number of nitrogens with zero attached hydrogens (tertiary/aromatic N) is 2. The summed E-state index contributed by atoms with van der Waals surface area (Å²) in [6.45, 7) is 2.03. The molecule has 0 bridgehead atoms. The van der Waals surface area contributed by atoms with E-state index in [1.807, 2.05) is 6.07 Å². The fourth-order valence-corrected chi connectivity index (χ4v) is 4.32. The van der Waals surface area contributed by atoms with Crippen molar-refractivity contribution < 1.29 is 13.2 Å². The van der Waals surface area contributed by atoms with Gasteiger partial charge in [-0.1, -0.05) is 30.3 Å². The Labute approximate surface area is 158 Å². The number of hydrogen-bond donors (Lipinski definition) is 1. The molecule has 0 saturated heterocycles. The van der Waals surface area contributed by atoms with Crippen LogP contribution in [0.3, 0.4) is 0 Å². The van der Waals surface area contributed by atoms with Crippen molar-refractivity contribution in [3.8, 4) is 0 Å². The molecule has 0 atom stereocenters. The van der Waals surface area contributed by atoms with Gasteiger partial charge in [0.1, 0.15) is 4.90 Å². The van der Waals surface area contributed by atoms with Crippen LogP contribution in [0, 0.1) is 0 Å². The third-order valence-electron chi connectivity index (χ3n) is 3.98. The highest BCUT2D eigenvalue weighted by atomic mass is 32.2. The van der Waals surface area contributed by atoms with Crippen molar-refractivity contribution >= 4 is 27.3 Å². The molecule has 0 unspecified atom stereocenters. The lowest BCUT2D eigenvalue weighted by Gasteiger charge is -2.24. The van der Waals surface area contributed by atoms with E-state index in [4.69, 9.17) is 0 Å². The summed E-state index contributed by atoms with van der Waals surface area (Å²) < 4.78 is 27.8. The van der Waals surface area contributed by atoms with Crippen LogP contribution >= 0.6 is 0 Å². The highest BCUT2D eigenvalue weighted by Crippen LogP contribution is 2.28. The predicted molar refractivity (Wildman–Crippen MR) is 105 cm³/mol. The zero-order valence-electron chi connectivity index (χ0n) is 14.7. The average molecular weight is 381 g/mol. The second-order valence-corrected chi connectivity index (χ2v) is 7.52. The molecule has 0 radical (unpaired) electrons. The first-order chi connectivity index (χ1) is 13.0. The van der Waals surface area contributed by atoms with Crippen LogP contribution in [0.5, 0.6) is 0 Å². The Morgan fingerprint density at radius 2 is 1.59 bits per heavy atom. The number of para-hydroxylation sites is 2. The van der Waals surface area contributed by atoms with Crippen LogP contribution in [-0.2, 0) is 10.0 Å². The summed E-state index contributed by atoms with van der Waals surface area (Å²) in [5.41, 5.74) is 1.19. The number of carbonyl (C=O) groups excluding carboxylic acids is 1. The summed E-state index contributed by atoms with van der Waals surface area (Å²) in [5, 5.41) is 2.69. The van der Waals surface area contributed by atoms with Gasteiger partial charge in [0.05, 0.1) is 11.4 Å². The van der Waals surface area contributed by atoms with E-state index in [0.717, 1.165) is 0 Å². The van der Waals surface area contributed by atoms with Crippen molar-refractivity contribution in [1.82, 2.24) is 4.98 Å². The number of hydrogen-bond acceptors (Lipinski definition) is 4. The summed E-state index contributed by atoms with van der Waals surface area (Å²) in [7, 11) is -3.86. The molecule has 1 heterocycles. The van der Waals surface area contributed by atoms with E-state index in [-0.39, 0.29) is 17.1 Å². The van der Waals surface area contributed by atoms with Gasteiger partial charge in [-0.3, -0.25) is 14.1 Å². The van der Waals surface area contributed by atoms with Gasteiger partial charge in [0.15, 0.2) is 0 Å². The molecule has 0 saturated carbocycles. The maximum atomic E-state index is 13.3. The normalized spacial score (nSPS) is 11.0. The number of aromatic nitrogens is 1. The first kappa shape index (κ1) is 18.6. The molecular weight excluding hydrogens is 362 g/mol. The fraction of sp³-hybridized carbons (Fsp3) is 0.100. The molecular formula is C20H19N3O3S. The molecule has 1 aromatic heterocycles. The standard InChI is InChI=1S/C20H19N3O3S/c1-2-23(17-8-4-3-5-9-17)27(25,26)19-11-7-6-10-18(19)22-20(24)16-12-14-21-15-13-16/h3-15H,2H2,1H3,(H,22,24). The lowest BCUT2D eigenvalue weighted by atomic mass is 10.2. The summed E-state index contributed by atoms with van der Waals surface area (Å²) in [6.07, 6.45) is 3.01. The van der Waals surface area contributed by atoms with Gasteiger partial charge in [0.2, 0.25) is 0 Å². The van der Waals surface area contributed by atoms with E-state index in [0.29, 0.717) is 11.3 Å². The van der Waals surface area contributed by atoms with Crippen molar-refractivity contribution in [2.75, 3.05) is 16.2 Å². The zero-order valence-corrected chi connectivity index (χ0v) is 15.6. The minimum Gasteiger partial charge on any atom is -0.321 e. The first-order valence-electron chi connectivity index (χ1n) is 8.42. The average Bonchev–Trinajstić information content (AvgIpc) is 2.70. The third kappa shape index (κ3) is 3.98. The molecule has 138 valence electrons. The molecule has 6 nitrogen and oxygen atoms in total. The zero-order chi connectivity index (χ0) is 19.3. The molecule has 0 aliphatic carbocycles. The van der Waals surface area contributed by atoms with E-state index in [2.05, 4.69) is 10.3 Å². The van der Waals surface area contributed by atoms with E-state index in [1.54, 1.807) is 61.5 Å². The van der Waals surface area contributed by atoms with Gasteiger partial charge < -0.3 is 5.32 Å². The molecule has 0 aliphatic heterocycles. The minimum absolute atomic E-state index is 0.0399. The fourth-order valence-electron chi connectivity index (χ4n) is 2.70. The van der Waals surface area contributed by atoms with Gasteiger partial charge in [0.25, 0.3) is 15.9 Å². The number of amides is 1. The Hall–Kier alpha value is -3.19. The Bertz CT molecular complexity index is 1020. The molecule has 2 aromatic carbocycles. The van der Waals surface area contributed by atoms with E-state index in [1.165, 1.54) is 22.8 Å². The van der Waals surface area contributed by atoms with Crippen LogP contribution < -0.4 is 9.62 Å². The first-order valence-corrected chi connectivity index (χ1v) is 9.86. The van der Waals surface area contributed by atoms with Crippen molar-refractivity contribution in [3.05, 3.63) is 84.7 Å². The van der Waals surface area contributed by atoms with Gasteiger partial charge in [0, 0.05) is 24.5 Å². The highest BCUT2D eigenvalue weighted by Gasteiger charge is 2.26. The molecule has 7 heteroatoms. The van der Waals surface area contributed by atoms with Crippen LogP contribution in [0.1, 0.15) is 17.3 Å². The van der Waals surface area contributed by atoms with E-state index >= 15 is 0 Å². The monoisotopic (exact) mass is 381 g/mol. The number of anilines is 2. The summed E-state index contributed by atoms with van der Waals surface area (Å²) in [5.74, 6) is -0.400. The van der Waals surface area contributed by atoms with Gasteiger partial charge in [-0.25, -0.2) is 8.42 Å². The predicted octanol–water partition coefficient (Wildman–Crippen LogP) is 3.55. The quantitative estimate of drug-likeness (QED) is 0.708. The maximum absolute atomic E-state index is 13.3. The van der Waals surface area contributed by atoms with Crippen LogP contribution in [0.2, 0.25) is 0 Å². The Morgan fingerprint density at radius 3 is 2.26 bits per heavy atom. The SMILES string of the molecule is CCN(c1ccccc1)S(=O)(=O)c1ccccc1NC(=O)c1ccncc1. The molecule has 0 fully saturated rings. The number of pyridine rings is 1. The van der Waals surface area contributed by atoms with Crippen LogP contribution in [0.25, 0.3) is 0 Å². The Balaban J connectivity index is 1.98. The molecule has 3 rings (SSSR count). The van der Waals surface area contributed by atoms with Crippen LogP contribution in [0.4, 0.5) is 11.4 Å². The molecule has 1 amide bonds. The third-order valence-corrected chi connectivity index (χ3v) is 5.94. The van der Waals surface area contributed by atoms with Gasteiger partial charge >= 0.3 is 0 Å². The second-order valence-electron chi connectivity index (χ2n) is 5.69. The van der Waals surface area contributed by atoms with Crippen LogP contribution in [-0.4, -0.2) is 25.9 Å². The maximum Gasteiger partial charge on any atom is 0.266 e. The van der Waals surface area contributed by atoms with Crippen molar-refractivity contribution in [3.63, 3.8) is 0 Å². The van der Waals surface area contributed by atoms with Gasteiger partial charge in [-0.15, -0.1) is 0 Å². The number of sulfonamides is 1. The Kier molecular flexibility index (Phi) is 5.52. The van der Waals surface area contributed by atoms with Crippen molar-refractivity contribution in [2.45, 2.75) is 11.8 Å². The van der Waals surface area contributed by atoms with E-state index < -0.39 is 15.9 Å². The summed E-state index contributed by atoms with van der Waals surface area (Å²) in [4.78, 5) is 16.4. The molecule has 27 heavy (non-hydrogen) atoms. The van der Waals surface area contributed by atoms with Gasteiger partial charge in [-0.2, -0.15) is 0 Å². The lowest BCUT2D eigenvalue weighted by molar-refractivity contribution is 0.102. The molecule has 0 aliphatic rings. The van der Waals surface area contributed by atoms with Crippen molar-refractivity contribution in [2.24, 2.45) is 0 Å².